The lowest BCUT2D eigenvalue weighted by atomic mass is 10.0. The highest BCUT2D eigenvalue weighted by molar-refractivity contribution is 7.45. The number of unbranched alkanes of at least 4 members (excludes halogenated alkanes) is 35. The molecule has 0 aromatic carbocycles. The Morgan fingerprint density at radius 3 is 1.26 bits per heavy atom. The van der Waals surface area contributed by atoms with Crippen LogP contribution in [0.3, 0.4) is 0 Å². The third-order valence-electron chi connectivity index (χ3n) is 14.0. The Hall–Kier alpha value is -2.03. The molecule has 0 aliphatic carbocycles. The molecule has 3 unspecified atom stereocenters. The van der Waals surface area contributed by atoms with Crippen LogP contribution >= 0.6 is 7.82 Å². The van der Waals surface area contributed by atoms with Crippen LogP contribution in [0.15, 0.2) is 48.6 Å². The molecular weight excluding hydrogens is 940 g/mol. The number of phosphoric ester groups is 1. The van der Waals surface area contributed by atoms with E-state index in [0.717, 1.165) is 77.0 Å². The molecule has 0 radical (unpaired) electrons. The van der Waals surface area contributed by atoms with Crippen molar-refractivity contribution in [2.75, 3.05) is 40.9 Å². The lowest BCUT2D eigenvalue weighted by Gasteiger charge is -2.30. The van der Waals surface area contributed by atoms with Gasteiger partial charge in [0.05, 0.1) is 33.8 Å². The number of nitrogens with one attached hydrogen (secondary N) is 1. The van der Waals surface area contributed by atoms with Gasteiger partial charge in [-0.15, -0.1) is 0 Å². The zero-order valence-corrected chi connectivity index (χ0v) is 50.4. The number of amides is 1. The van der Waals surface area contributed by atoms with Gasteiger partial charge < -0.3 is 28.5 Å². The maximum atomic E-state index is 13.5. The molecule has 3 atom stereocenters. The second-order valence-corrected chi connectivity index (χ2v) is 24.0. The molecule has 0 bridgehead atoms. The average molecular weight is 1060 g/mol. The fraction of sp³-hybridized carbons (Fsp3) is 0.844. The normalized spacial score (nSPS) is 14.0. The van der Waals surface area contributed by atoms with E-state index in [0.29, 0.717) is 17.4 Å². The molecular formula is C64H121N2O7P. The van der Waals surface area contributed by atoms with Crippen molar-refractivity contribution in [2.24, 2.45) is 0 Å². The number of quaternary nitrogens is 1. The predicted octanol–water partition coefficient (Wildman–Crippen LogP) is 18.6. The van der Waals surface area contributed by atoms with Crippen LogP contribution in [0.5, 0.6) is 0 Å². The summed E-state index contributed by atoms with van der Waals surface area (Å²) in [6.07, 6.45) is 66.4. The molecule has 0 aliphatic rings. The van der Waals surface area contributed by atoms with Crippen LogP contribution < -0.4 is 10.2 Å². The molecule has 0 saturated carbocycles. The Balaban J connectivity index is 5.25. The van der Waals surface area contributed by atoms with Crippen molar-refractivity contribution in [3.05, 3.63) is 48.6 Å². The minimum Gasteiger partial charge on any atom is -0.756 e. The summed E-state index contributed by atoms with van der Waals surface area (Å²) in [5.74, 6) is -0.543. The lowest BCUT2D eigenvalue weighted by molar-refractivity contribution is -0.870. The van der Waals surface area contributed by atoms with Crippen LogP contribution in [0.25, 0.3) is 0 Å². The molecule has 0 fully saturated rings. The molecule has 0 spiro atoms. The fourth-order valence-corrected chi connectivity index (χ4v) is 9.80. The third kappa shape index (κ3) is 54.7. The highest BCUT2D eigenvalue weighted by atomic mass is 31.2. The summed E-state index contributed by atoms with van der Waals surface area (Å²) in [6.45, 7) is 6.83. The van der Waals surface area contributed by atoms with Gasteiger partial charge in [-0.2, -0.15) is 0 Å². The Morgan fingerprint density at radius 1 is 0.473 bits per heavy atom. The Labute approximate surface area is 458 Å². The summed E-state index contributed by atoms with van der Waals surface area (Å²) in [7, 11) is 1.18. The molecule has 10 heteroatoms. The van der Waals surface area contributed by atoms with Gasteiger partial charge in [-0.25, -0.2) is 0 Å². The Kier molecular flexibility index (Phi) is 52.8. The predicted molar refractivity (Wildman–Crippen MR) is 316 cm³/mol. The van der Waals surface area contributed by atoms with E-state index in [2.05, 4.69) is 62.5 Å². The van der Waals surface area contributed by atoms with Gasteiger partial charge in [-0.1, -0.05) is 243 Å². The van der Waals surface area contributed by atoms with Crippen LogP contribution in [-0.2, 0) is 27.9 Å². The number of allylic oxidation sites excluding steroid dienone is 7. The van der Waals surface area contributed by atoms with Crippen molar-refractivity contribution in [1.29, 1.82) is 0 Å². The fourth-order valence-electron chi connectivity index (χ4n) is 9.08. The maximum absolute atomic E-state index is 13.5. The topological polar surface area (TPSA) is 114 Å². The summed E-state index contributed by atoms with van der Waals surface area (Å²) < 4.78 is 30.3. The lowest BCUT2D eigenvalue weighted by Crippen LogP contribution is -2.47. The van der Waals surface area contributed by atoms with E-state index in [9.17, 15) is 19.0 Å². The summed E-state index contributed by atoms with van der Waals surface area (Å²) in [6, 6.07) is -0.891. The summed E-state index contributed by atoms with van der Waals surface area (Å²) in [5, 5.41) is 3.03. The molecule has 1 N–H and O–H groups in total. The highest BCUT2D eigenvalue weighted by Crippen LogP contribution is 2.38. The summed E-state index contributed by atoms with van der Waals surface area (Å²) in [4.78, 5) is 40.0. The number of rotatable bonds is 57. The first-order valence-corrected chi connectivity index (χ1v) is 32.9. The van der Waals surface area contributed by atoms with Gasteiger partial charge in [0.25, 0.3) is 7.82 Å². The monoisotopic (exact) mass is 1060 g/mol. The number of hydrogen-bond donors (Lipinski definition) is 1. The van der Waals surface area contributed by atoms with E-state index in [1.54, 1.807) is 0 Å². The van der Waals surface area contributed by atoms with Crippen molar-refractivity contribution in [1.82, 2.24) is 5.32 Å². The van der Waals surface area contributed by atoms with E-state index in [1.165, 1.54) is 186 Å². The van der Waals surface area contributed by atoms with Crippen molar-refractivity contribution in [3.63, 3.8) is 0 Å². The first-order chi connectivity index (χ1) is 35.9. The molecule has 434 valence electrons. The second-order valence-electron chi connectivity index (χ2n) is 22.6. The zero-order valence-electron chi connectivity index (χ0n) is 49.6. The number of carbonyl (C=O) groups excluding carboxylic acids is 2. The molecule has 9 nitrogen and oxygen atoms in total. The van der Waals surface area contributed by atoms with Crippen LogP contribution in [0.2, 0.25) is 0 Å². The maximum Gasteiger partial charge on any atom is 0.306 e. The van der Waals surface area contributed by atoms with Gasteiger partial charge >= 0.3 is 5.97 Å². The van der Waals surface area contributed by atoms with Crippen molar-refractivity contribution in [3.8, 4) is 0 Å². The number of phosphoric acid groups is 1. The molecule has 0 aliphatic heterocycles. The van der Waals surface area contributed by atoms with Gasteiger partial charge in [-0.3, -0.25) is 14.2 Å². The molecule has 0 saturated heterocycles. The van der Waals surface area contributed by atoms with E-state index in [-0.39, 0.29) is 31.5 Å². The van der Waals surface area contributed by atoms with Gasteiger partial charge in [0.2, 0.25) is 5.91 Å². The average Bonchev–Trinajstić information content (AvgIpc) is 3.36. The summed E-state index contributed by atoms with van der Waals surface area (Å²) in [5.41, 5.74) is 0. The minimum absolute atomic E-state index is 0.0234. The first kappa shape index (κ1) is 72.0. The first-order valence-electron chi connectivity index (χ1n) is 31.4. The minimum atomic E-state index is -4.70. The smallest absolute Gasteiger partial charge is 0.306 e. The van der Waals surface area contributed by atoms with Gasteiger partial charge in [0, 0.05) is 12.8 Å². The molecule has 0 rings (SSSR count). The van der Waals surface area contributed by atoms with Crippen LogP contribution in [0.1, 0.15) is 297 Å². The van der Waals surface area contributed by atoms with E-state index in [1.807, 2.05) is 33.3 Å². The number of carbonyl (C=O) groups is 2. The van der Waals surface area contributed by atoms with Crippen molar-refractivity contribution >= 4 is 19.7 Å². The standard InChI is InChI=1S/C64H121N2O7P/c1-7-10-13-16-19-22-25-28-30-32-33-35-37-39-42-45-48-51-54-57-64(68)73-62(55-52-49-46-43-40-27-24-21-18-15-12-9-3)61(60-72-74(69,70)71-59-58-66(4,5)6)65-63(67)56-53-50-47-44-41-38-36-34-31-29-26-23-20-17-14-11-8-2/h19,22,28-31,52,55,61-62H,7-18,20-21,23-27,32-51,53-54,56-60H2,1-6H3,(H-,65,67,69,70)/b22-19-,30-28-,31-29+,55-52+. The molecule has 74 heavy (non-hydrogen) atoms. The zero-order chi connectivity index (χ0) is 54.3. The molecule has 0 aromatic heterocycles. The summed E-state index contributed by atoms with van der Waals surface area (Å²) >= 11 is 0. The Bertz CT molecular complexity index is 1410. The van der Waals surface area contributed by atoms with Gasteiger partial charge in [0.1, 0.15) is 19.3 Å². The largest absolute Gasteiger partial charge is 0.756 e. The number of nitrogens with zero attached hydrogens (tertiary/aromatic N) is 1. The number of hydrogen-bond acceptors (Lipinski definition) is 7. The second kappa shape index (κ2) is 54.3. The van der Waals surface area contributed by atoms with Crippen LogP contribution in [0, 0.1) is 0 Å². The van der Waals surface area contributed by atoms with Gasteiger partial charge in [-0.05, 0) is 89.5 Å². The van der Waals surface area contributed by atoms with E-state index < -0.39 is 20.0 Å². The van der Waals surface area contributed by atoms with Crippen molar-refractivity contribution in [2.45, 2.75) is 309 Å². The van der Waals surface area contributed by atoms with Gasteiger partial charge in [0.15, 0.2) is 0 Å². The molecule has 1 amide bonds. The van der Waals surface area contributed by atoms with Crippen LogP contribution in [0.4, 0.5) is 0 Å². The van der Waals surface area contributed by atoms with Crippen molar-refractivity contribution < 1.29 is 37.3 Å². The number of esters is 1. The van der Waals surface area contributed by atoms with Crippen LogP contribution in [-0.4, -0.2) is 69.4 Å². The van der Waals surface area contributed by atoms with E-state index in [4.69, 9.17) is 13.8 Å². The van der Waals surface area contributed by atoms with E-state index >= 15 is 0 Å². The number of ether oxygens (including phenoxy) is 1. The molecule has 0 heterocycles. The Morgan fingerprint density at radius 2 is 0.824 bits per heavy atom. The molecule has 0 aromatic rings. The quantitative estimate of drug-likeness (QED) is 0.0212. The number of likely N-dealkylation sites (N-methyl/N-ethyl adjacent to an activating group) is 1. The SMILES string of the molecule is CCCCC/C=C\C/C=C\CCCCCCCCCCCC(=O)OC(/C=C/CCCCCCCCCCCC)C(COP(=O)([O-])OCC[N+](C)(C)C)NC(=O)CCCCCCCCC/C=C/CCCCCCCC. The highest BCUT2D eigenvalue weighted by Gasteiger charge is 2.27. The third-order valence-corrected chi connectivity index (χ3v) is 14.9.